The van der Waals surface area contributed by atoms with Gasteiger partial charge in [-0.2, -0.15) is 22.7 Å². The van der Waals surface area contributed by atoms with E-state index in [-0.39, 0.29) is 24.1 Å². The fourth-order valence-electron chi connectivity index (χ4n) is 5.75. The number of hydrogen-bond donors (Lipinski definition) is 1. The average molecular weight is 695 g/mol. The summed E-state index contributed by atoms with van der Waals surface area (Å²) in [7, 11) is 1.65. The average Bonchev–Trinajstić information content (AvgIpc) is 3.48. The quantitative estimate of drug-likeness (QED) is 0.346. The first kappa shape index (κ1) is 35.1. The highest BCUT2D eigenvalue weighted by atomic mass is 35.5. The Bertz CT molecular complexity index is 1790. The molecule has 0 radical (unpaired) electrons. The summed E-state index contributed by atoms with van der Waals surface area (Å²) < 4.78 is 53.1. The van der Waals surface area contributed by atoms with E-state index in [2.05, 4.69) is 15.4 Å². The van der Waals surface area contributed by atoms with Crippen LogP contribution in [0, 0.1) is 0 Å². The highest BCUT2D eigenvalue weighted by Crippen LogP contribution is 2.31. The molecule has 0 bridgehead atoms. The predicted molar refractivity (Wildman–Crippen MR) is 172 cm³/mol. The van der Waals surface area contributed by atoms with Gasteiger partial charge in [-0.1, -0.05) is 24.6 Å². The van der Waals surface area contributed by atoms with Crippen LogP contribution in [0.1, 0.15) is 64.2 Å². The van der Waals surface area contributed by atoms with E-state index in [9.17, 15) is 27.6 Å². The van der Waals surface area contributed by atoms with Crippen molar-refractivity contribution in [1.82, 2.24) is 29.0 Å². The van der Waals surface area contributed by atoms with Crippen molar-refractivity contribution in [2.75, 3.05) is 43.5 Å². The number of piperazine rings is 1. The molecule has 3 aromatic heterocycles. The lowest BCUT2D eigenvalue weighted by molar-refractivity contribution is -0.141. The molecular weight excluding hydrogens is 657 g/mol. The Morgan fingerprint density at radius 1 is 1.10 bits per heavy atom. The molecule has 48 heavy (non-hydrogen) atoms. The smallest absolute Gasteiger partial charge is 0.433 e. The number of methoxy groups -OCH3 is 1. The molecule has 1 aliphatic carbocycles. The Balaban J connectivity index is 1.52. The molecule has 17 heteroatoms. The molecule has 1 atom stereocenters. The Hall–Kier alpha value is -4.18. The van der Waals surface area contributed by atoms with Crippen LogP contribution in [-0.2, 0) is 33.4 Å². The lowest BCUT2D eigenvalue weighted by atomic mass is 9.97. The first-order chi connectivity index (χ1) is 22.6. The van der Waals surface area contributed by atoms with Crippen LogP contribution in [0.15, 0.2) is 23.0 Å². The van der Waals surface area contributed by atoms with Crippen LogP contribution in [-0.4, -0.2) is 86.0 Å². The van der Waals surface area contributed by atoms with E-state index in [0.29, 0.717) is 62.6 Å². The van der Waals surface area contributed by atoms with Crippen molar-refractivity contribution >= 4 is 46.3 Å². The van der Waals surface area contributed by atoms with E-state index in [1.807, 2.05) is 17.9 Å². The highest BCUT2D eigenvalue weighted by molar-refractivity contribution is 6.32. The summed E-state index contributed by atoms with van der Waals surface area (Å²) in [6.07, 6.45) is -0.751. The van der Waals surface area contributed by atoms with E-state index in [4.69, 9.17) is 26.1 Å². The van der Waals surface area contributed by atoms with Gasteiger partial charge in [-0.05, 0) is 64.2 Å². The molecule has 0 saturated carbocycles. The van der Waals surface area contributed by atoms with Gasteiger partial charge < -0.3 is 29.2 Å². The van der Waals surface area contributed by atoms with Crippen molar-refractivity contribution in [2.45, 2.75) is 77.8 Å². The minimum Gasteiger partial charge on any atom is -0.444 e. The second-order valence-electron chi connectivity index (χ2n) is 12.6. The minimum absolute atomic E-state index is 0.0682. The van der Waals surface area contributed by atoms with Gasteiger partial charge in [-0.25, -0.2) is 9.78 Å². The Labute approximate surface area is 279 Å². The summed E-state index contributed by atoms with van der Waals surface area (Å²) in [5.74, 6) is -0.159. The number of aromatic nitrogens is 5. The van der Waals surface area contributed by atoms with Crippen LogP contribution >= 0.6 is 11.6 Å². The lowest BCUT2D eigenvalue weighted by Crippen LogP contribution is -2.51. The molecule has 2 aliphatic rings. The normalized spacial score (nSPS) is 17.4. The van der Waals surface area contributed by atoms with Gasteiger partial charge in [0.05, 0.1) is 17.5 Å². The second kappa shape index (κ2) is 13.7. The first-order valence-electron chi connectivity index (χ1n) is 15.6. The molecule has 0 aromatic carbocycles. The molecule has 1 saturated heterocycles. The van der Waals surface area contributed by atoms with Gasteiger partial charge in [-0.3, -0.25) is 9.59 Å². The van der Waals surface area contributed by atoms with E-state index in [0.717, 1.165) is 24.1 Å². The number of rotatable bonds is 7. The number of carbonyl (C=O) groups is 2. The molecule has 260 valence electrons. The van der Waals surface area contributed by atoms with E-state index < -0.39 is 40.2 Å². The fourth-order valence-corrected chi connectivity index (χ4v) is 5.95. The van der Waals surface area contributed by atoms with Crippen LogP contribution < -0.4 is 15.8 Å². The molecular formula is C31H38ClF3N8O5. The number of fused-ring (bicyclic) bond motifs is 1. The summed E-state index contributed by atoms with van der Waals surface area (Å²) in [5, 5.41) is 6.59. The number of anilines is 2. The van der Waals surface area contributed by atoms with E-state index in [1.165, 1.54) is 4.52 Å². The van der Waals surface area contributed by atoms with Gasteiger partial charge in [0.1, 0.15) is 23.5 Å². The van der Waals surface area contributed by atoms with Crippen molar-refractivity contribution in [2.24, 2.45) is 0 Å². The number of nitrogens with one attached hydrogen (secondary N) is 1. The number of carbonyl (C=O) groups excluding carboxylic acids is 2. The number of ether oxygens (including phenoxy) is 2. The van der Waals surface area contributed by atoms with E-state index >= 15 is 0 Å². The monoisotopic (exact) mass is 694 g/mol. The standard InChI is InChI=1S/C31H38ClF3N8O5/c1-6-21-24(40-13-15-41(16-14-40)29(46)48-30(2,3)4)27(45)43-28(38-26(39-43)18-7-9-19(47-5)10-8-18)42(21)17-23(44)36-20-11-12-22(31(33,34)35)37-25(20)32/h7,11-12,19H,6,8-10,13-17H2,1-5H3,(H,36,44). The van der Waals surface area contributed by atoms with Gasteiger partial charge in [0, 0.05) is 33.3 Å². The topological polar surface area (TPSA) is 136 Å². The number of amides is 2. The molecule has 4 heterocycles. The van der Waals surface area contributed by atoms with Crippen molar-refractivity contribution < 1.29 is 32.2 Å². The molecule has 1 unspecified atom stereocenters. The lowest BCUT2D eigenvalue weighted by Gasteiger charge is -2.37. The largest absolute Gasteiger partial charge is 0.444 e. The number of alkyl halides is 3. The van der Waals surface area contributed by atoms with Crippen molar-refractivity contribution in [1.29, 1.82) is 0 Å². The maximum Gasteiger partial charge on any atom is 0.433 e. The molecule has 1 aliphatic heterocycles. The Morgan fingerprint density at radius 3 is 2.38 bits per heavy atom. The van der Waals surface area contributed by atoms with Gasteiger partial charge in [0.25, 0.3) is 5.56 Å². The van der Waals surface area contributed by atoms with Crippen LogP contribution in [0.3, 0.4) is 0 Å². The van der Waals surface area contributed by atoms with Crippen molar-refractivity contribution in [3.8, 4) is 0 Å². The first-order valence-corrected chi connectivity index (χ1v) is 16.0. The Morgan fingerprint density at radius 2 is 1.81 bits per heavy atom. The number of pyridine rings is 1. The molecule has 13 nitrogen and oxygen atoms in total. The van der Waals surface area contributed by atoms with Gasteiger partial charge in [0.2, 0.25) is 11.7 Å². The molecule has 3 aromatic rings. The van der Waals surface area contributed by atoms with E-state index in [1.54, 1.807) is 37.3 Å². The van der Waals surface area contributed by atoms with Crippen LogP contribution in [0.25, 0.3) is 11.4 Å². The van der Waals surface area contributed by atoms with Crippen LogP contribution in [0.2, 0.25) is 5.15 Å². The number of allylic oxidation sites excluding steroid dienone is 1. The second-order valence-corrected chi connectivity index (χ2v) is 12.9. The van der Waals surface area contributed by atoms with Crippen LogP contribution in [0.4, 0.5) is 29.3 Å². The number of nitrogens with zero attached hydrogens (tertiary/aromatic N) is 7. The molecule has 2 amide bonds. The maximum absolute atomic E-state index is 14.1. The molecule has 1 N–H and O–H groups in total. The van der Waals surface area contributed by atoms with Gasteiger partial charge in [-0.15, -0.1) is 5.10 Å². The zero-order valence-electron chi connectivity index (χ0n) is 27.4. The highest BCUT2D eigenvalue weighted by Gasteiger charge is 2.34. The summed E-state index contributed by atoms with van der Waals surface area (Å²) in [6.45, 7) is 8.06. The summed E-state index contributed by atoms with van der Waals surface area (Å²) >= 11 is 6.00. The van der Waals surface area contributed by atoms with Crippen molar-refractivity contribution in [3.63, 3.8) is 0 Å². The van der Waals surface area contributed by atoms with Gasteiger partial charge >= 0.3 is 12.3 Å². The van der Waals surface area contributed by atoms with Crippen molar-refractivity contribution in [3.05, 3.63) is 50.9 Å². The molecule has 0 spiro atoms. The van der Waals surface area contributed by atoms with Gasteiger partial charge in [0.15, 0.2) is 11.0 Å². The summed E-state index contributed by atoms with van der Waals surface area (Å²) in [4.78, 5) is 51.8. The number of halogens is 4. The zero-order chi connectivity index (χ0) is 35.0. The molecule has 5 rings (SSSR count). The maximum atomic E-state index is 14.1. The fraction of sp³-hybridized carbons (Fsp3) is 0.548. The minimum atomic E-state index is -4.71. The predicted octanol–water partition coefficient (Wildman–Crippen LogP) is 4.80. The third-order valence-corrected chi connectivity index (χ3v) is 8.39. The SMILES string of the molecule is CCc1c(N2CCN(C(=O)OC(C)(C)C)CC2)c(=O)n2nc(C3=CCC(OC)CC3)nc2n1CC(=O)Nc1ccc(C(F)(F)F)nc1Cl. The summed E-state index contributed by atoms with van der Waals surface area (Å²) in [5.41, 5.74) is -0.732. The molecule has 1 fully saturated rings. The Kier molecular flexibility index (Phi) is 10.1. The van der Waals surface area contributed by atoms with Crippen LogP contribution in [0.5, 0.6) is 0 Å². The zero-order valence-corrected chi connectivity index (χ0v) is 28.1. The number of hydrogen-bond acceptors (Lipinski definition) is 9. The third kappa shape index (κ3) is 7.59. The third-order valence-electron chi connectivity index (χ3n) is 8.11. The summed E-state index contributed by atoms with van der Waals surface area (Å²) in [6, 6.07) is 1.76.